The third-order valence-corrected chi connectivity index (χ3v) is 8.74. The van der Waals surface area contributed by atoms with Crippen molar-refractivity contribution in [1.82, 2.24) is 35.3 Å². The number of rotatable bonds is 6. The summed E-state index contributed by atoms with van der Waals surface area (Å²) in [5.74, 6) is 14.0. The molecule has 0 aliphatic carbocycles. The molecule has 8 aromatic rings. The molecule has 0 atom stereocenters. The van der Waals surface area contributed by atoms with E-state index in [1.54, 1.807) is 38.4 Å². The van der Waals surface area contributed by atoms with Crippen LogP contribution < -0.4 is 27.0 Å². The van der Waals surface area contributed by atoms with Crippen molar-refractivity contribution in [2.75, 3.05) is 37.6 Å². The maximum Gasteiger partial charge on any atom is 0.252 e. The van der Waals surface area contributed by atoms with Crippen molar-refractivity contribution in [3.8, 4) is 0 Å². The Kier molecular flexibility index (Phi) is 17.9. The zero-order chi connectivity index (χ0) is 43.6. The second-order valence-electron chi connectivity index (χ2n) is 13.0. The number of hydrazine groups is 2. The van der Waals surface area contributed by atoms with Crippen LogP contribution in [0, 0.1) is 20.8 Å². The molecule has 5 aromatic carbocycles. The topological polar surface area (TPSA) is 182 Å². The van der Waals surface area contributed by atoms with E-state index < -0.39 is 5.24 Å². The number of aryl methyl sites for hydroxylation is 3. The molecular formula is C45H47Cl2N11O2. The summed E-state index contributed by atoms with van der Waals surface area (Å²) in [6.07, 6.45) is 0. The molecule has 0 radical (unpaired) electrons. The normalized spacial score (nSPS) is 10.1. The molecule has 0 bridgehead atoms. The van der Waals surface area contributed by atoms with Crippen molar-refractivity contribution in [3.63, 3.8) is 0 Å². The van der Waals surface area contributed by atoms with Gasteiger partial charge in [-0.25, -0.2) is 35.7 Å². The molecule has 0 aliphatic heterocycles. The van der Waals surface area contributed by atoms with Gasteiger partial charge in [-0.3, -0.25) is 25.9 Å². The Bertz CT molecular complexity index is 2630. The molecule has 0 spiro atoms. The van der Waals surface area contributed by atoms with Crippen LogP contribution in [0.25, 0.3) is 32.7 Å². The Labute approximate surface area is 359 Å². The van der Waals surface area contributed by atoms with Crippen LogP contribution in [0.1, 0.15) is 38.2 Å². The minimum Gasteiger partial charge on any atom is -0.351 e. The van der Waals surface area contributed by atoms with Crippen molar-refractivity contribution in [3.05, 3.63) is 167 Å². The molecule has 8 rings (SSSR count). The first-order valence-corrected chi connectivity index (χ1v) is 19.3. The molecule has 13 nitrogen and oxygen atoms in total. The lowest BCUT2D eigenvalue weighted by Crippen LogP contribution is -2.27. The van der Waals surface area contributed by atoms with Gasteiger partial charge in [0.1, 0.15) is 28.4 Å². The summed E-state index contributed by atoms with van der Waals surface area (Å²) in [7, 11) is 5.31. The minimum atomic E-state index is -0.407. The number of ketones is 1. The van der Waals surface area contributed by atoms with Crippen molar-refractivity contribution >= 4 is 78.6 Å². The Balaban J connectivity index is 0.000000181. The second-order valence-corrected chi connectivity index (χ2v) is 13.7. The van der Waals surface area contributed by atoms with Crippen LogP contribution in [0.15, 0.2) is 133 Å². The number of nitrogens with two attached hydrogens (primary N) is 2. The van der Waals surface area contributed by atoms with Crippen LogP contribution >= 0.6 is 23.2 Å². The van der Waals surface area contributed by atoms with Crippen molar-refractivity contribution in [2.24, 2.45) is 11.7 Å². The fraction of sp³-hybridized carbons (Fsp3) is 0.156. The Morgan fingerprint density at radius 2 is 0.933 bits per heavy atom. The fourth-order valence-electron chi connectivity index (χ4n) is 5.63. The highest BCUT2D eigenvalue weighted by Gasteiger charge is 2.14. The van der Waals surface area contributed by atoms with Gasteiger partial charge in [0, 0.05) is 41.4 Å². The lowest BCUT2D eigenvalue weighted by Gasteiger charge is -2.19. The van der Waals surface area contributed by atoms with Gasteiger partial charge in [-0.1, -0.05) is 109 Å². The van der Waals surface area contributed by atoms with Crippen LogP contribution in [0.2, 0.25) is 5.15 Å². The van der Waals surface area contributed by atoms with E-state index in [1.165, 1.54) is 5.01 Å². The van der Waals surface area contributed by atoms with Gasteiger partial charge in [0.05, 0.1) is 23.1 Å². The van der Waals surface area contributed by atoms with E-state index in [9.17, 15) is 9.59 Å². The van der Waals surface area contributed by atoms with Gasteiger partial charge in [0.15, 0.2) is 11.6 Å². The van der Waals surface area contributed by atoms with Crippen LogP contribution in [0.3, 0.4) is 0 Å². The molecule has 0 unspecified atom stereocenters. The van der Waals surface area contributed by atoms with Crippen LogP contribution in [0.4, 0.5) is 11.6 Å². The summed E-state index contributed by atoms with van der Waals surface area (Å²) in [6.45, 7) is 5.84. The quantitative estimate of drug-likeness (QED) is 0.0479. The highest BCUT2D eigenvalue weighted by atomic mass is 35.5. The first kappa shape index (κ1) is 46.2. The zero-order valence-corrected chi connectivity index (χ0v) is 35.7. The number of nitrogens with zero attached hydrogens (tertiary/aromatic N) is 8. The van der Waals surface area contributed by atoms with Crippen molar-refractivity contribution in [1.29, 1.82) is 0 Å². The molecule has 0 saturated heterocycles. The number of nitrogens with one attached hydrogen (secondary N) is 1. The van der Waals surface area contributed by atoms with E-state index in [1.807, 2.05) is 142 Å². The number of benzene rings is 5. The number of anilines is 2. The Morgan fingerprint density at radius 3 is 1.38 bits per heavy atom. The highest BCUT2D eigenvalue weighted by molar-refractivity contribution is 6.67. The van der Waals surface area contributed by atoms with E-state index in [0.717, 1.165) is 50.2 Å². The number of halogens is 2. The summed E-state index contributed by atoms with van der Waals surface area (Å²) in [5.41, 5.74) is 6.22. The molecule has 5 N–H and O–H groups in total. The van der Waals surface area contributed by atoms with Crippen LogP contribution in [-0.4, -0.2) is 68.6 Å². The maximum atomic E-state index is 12.4. The standard InChI is InChI=1S/C18H17N3O.C10H12N4.C9H7ClN2.C7H5ClO.CH6N2/c1-13-19-16-11-7-6-10-15(16)18(20-13)21(2)12-17(22)14-8-4-3-5-9-14;1-7-12-9-6-4-3-5-8(9)10(13-7)14(2)11;1-6-11-8-5-3-2-4-7(8)9(10)12-6;8-7(9)6-4-2-1-3-5-6;1-3-2/h3-11H,12H2,1-2H3;3-6H,11H2,1-2H3;2-5H,1H3;1-5H;3H,2H2,1H3. The van der Waals surface area contributed by atoms with E-state index in [4.69, 9.17) is 29.0 Å². The van der Waals surface area contributed by atoms with E-state index in [2.05, 4.69) is 41.2 Å². The molecular weight excluding hydrogens is 797 g/mol. The van der Waals surface area contributed by atoms with Crippen LogP contribution in [-0.2, 0) is 0 Å². The minimum absolute atomic E-state index is 0.0726. The average Bonchev–Trinajstić information content (AvgIpc) is 3.24. The van der Waals surface area contributed by atoms with Gasteiger partial charge in [0.2, 0.25) is 0 Å². The number of aromatic nitrogens is 6. The molecule has 0 aliphatic rings. The number of likely N-dealkylation sites (N-methyl/N-ethyl adjacent to an activating group) is 1. The number of fused-ring (bicyclic) bond motifs is 3. The second kappa shape index (κ2) is 23.2. The summed E-state index contributed by atoms with van der Waals surface area (Å²) >= 11 is 11.1. The summed E-state index contributed by atoms with van der Waals surface area (Å²) in [5, 5.41) is 4.47. The Hall–Kier alpha value is -6.48. The summed E-state index contributed by atoms with van der Waals surface area (Å²) in [6, 6.07) is 41.4. The molecule has 3 heterocycles. The van der Waals surface area contributed by atoms with Gasteiger partial charge in [-0.05, 0) is 75.8 Å². The predicted octanol–water partition coefficient (Wildman–Crippen LogP) is 8.24. The number of carbonyl (C=O) groups excluding carboxylic acids is 2. The van der Waals surface area contributed by atoms with Crippen LogP contribution in [0.5, 0.6) is 0 Å². The number of Topliss-reactive ketones (excluding diaryl/α,β-unsaturated/α-hetero) is 1. The fourth-order valence-corrected chi connectivity index (χ4v) is 6.04. The smallest absolute Gasteiger partial charge is 0.252 e. The molecule has 0 fully saturated rings. The largest absolute Gasteiger partial charge is 0.351 e. The first-order chi connectivity index (χ1) is 28.8. The first-order valence-electron chi connectivity index (χ1n) is 18.6. The molecule has 60 heavy (non-hydrogen) atoms. The Morgan fingerprint density at radius 1 is 0.567 bits per heavy atom. The molecule has 0 saturated carbocycles. The lowest BCUT2D eigenvalue weighted by molar-refractivity contribution is 0.0999. The third kappa shape index (κ3) is 13.5. The highest BCUT2D eigenvalue weighted by Crippen LogP contribution is 2.24. The van der Waals surface area contributed by atoms with E-state index in [-0.39, 0.29) is 12.3 Å². The zero-order valence-electron chi connectivity index (χ0n) is 34.2. The number of carbonyl (C=O) groups is 2. The summed E-state index contributed by atoms with van der Waals surface area (Å²) in [4.78, 5) is 50.5. The molecule has 0 amide bonds. The van der Waals surface area contributed by atoms with Gasteiger partial charge in [-0.15, -0.1) is 0 Å². The monoisotopic (exact) mass is 843 g/mol. The van der Waals surface area contributed by atoms with Gasteiger partial charge < -0.3 is 4.90 Å². The van der Waals surface area contributed by atoms with Crippen molar-refractivity contribution in [2.45, 2.75) is 20.8 Å². The number of hydrogen-bond acceptors (Lipinski definition) is 13. The molecule has 3 aromatic heterocycles. The summed E-state index contributed by atoms with van der Waals surface area (Å²) < 4.78 is 0. The maximum absolute atomic E-state index is 12.4. The van der Waals surface area contributed by atoms with Gasteiger partial charge >= 0.3 is 0 Å². The number of hydrogen-bond donors (Lipinski definition) is 3. The molecule has 308 valence electrons. The van der Waals surface area contributed by atoms with Gasteiger partial charge in [0.25, 0.3) is 5.24 Å². The lowest BCUT2D eigenvalue weighted by atomic mass is 10.1. The van der Waals surface area contributed by atoms with E-state index >= 15 is 0 Å². The van der Waals surface area contributed by atoms with E-state index in [0.29, 0.717) is 27.9 Å². The molecule has 15 heteroatoms. The van der Waals surface area contributed by atoms with Gasteiger partial charge in [-0.2, -0.15) is 0 Å². The predicted molar refractivity (Wildman–Crippen MR) is 244 cm³/mol. The average molecular weight is 845 g/mol. The third-order valence-electron chi connectivity index (χ3n) is 8.23. The van der Waals surface area contributed by atoms with Crippen molar-refractivity contribution < 1.29 is 9.59 Å². The number of para-hydroxylation sites is 3. The SMILES string of the molecule is CNN.Cc1nc(Cl)c2ccccc2n1.Cc1nc(N(C)CC(=O)c2ccccc2)c2ccccc2n1.Cc1nc(N(C)N)c2ccccc2n1.O=C(Cl)c1ccccc1.